The molecule has 0 aliphatic heterocycles. The molecule has 0 aliphatic carbocycles. The van der Waals surface area contributed by atoms with E-state index in [1.165, 1.54) is 5.56 Å². The van der Waals surface area contributed by atoms with Crippen molar-refractivity contribution in [3.63, 3.8) is 0 Å². The van der Waals surface area contributed by atoms with Crippen molar-refractivity contribution in [1.82, 2.24) is 15.0 Å². The molecule has 5 nitrogen and oxygen atoms in total. The lowest BCUT2D eigenvalue weighted by Crippen LogP contribution is -2.11. The van der Waals surface area contributed by atoms with Gasteiger partial charge >= 0.3 is 0 Å². The Kier molecular flexibility index (Phi) is 4.75. The maximum atomic E-state index is 5.94. The Morgan fingerprint density at radius 2 is 2.14 bits per heavy atom. The molecule has 1 aromatic heterocycles. The minimum Gasteiger partial charge on any atom is -0.487 e. The summed E-state index contributed by atoms with van der Waals surface area (Å²) < 4.78 is 7.74. The molecule has 0 bridgehead atoms. The molecule has 2 aromatic rings. The van der Waals surface area contributed by atoms with E-state index in [-0.39, 0.29) is 0 Å². The van der Waals surface area contributed by atoms with Gasteiger partial charge < -0.3 is 10.5 Å². The van der Waals surface area contributed by atoms with Crippen LogP contribution in [0.4, 0.5) is 0 Å². The molecule has 0 saturated carbocycles. The van der Waals surface area contributed by atoms with Gasteiger partial charge in [0.2, 0.25) is 0 Å². The number of hydrogen-bond donors (Lipinski definition) is 1. The SMILES string of the molecule is C=C(C)Cn1nnc(CN)c1COc1cc(C)ccc1C. The van der Waals surface area contributed by atoms with Crippen molar-refractivity contribution in [2.45, 2.75) is 40.5 Å². The first kappa shape index (κ1) is 15.3. The number of aryl methyl sites for hydroxylation is 2. The molecule has 0 unspecified atom stereocenters. The lowest BCUT2D eigenvalue weighted by atomic mass is 10.1. The Bertz CT molecular complexity index is 646. The molecule has 5 heteroatoms. The summed E-state index contributed by atoms with van der Waals surface area (Å²) in [4.78, 5) is 0. The smallest absolute Gasteiger partial charge is 0.132 e. The molecule has 0 atom stereocenters. The van der Waals surface area contributed by atoms with Gasteiger partial charge in [-0.2, -0.15) is 0 Å². The highest BCUT2D eigenvalue weighted by Gasteiger charge is 2.13. The fraction of sp³-hybridized carbons (Fsp3) is 0.375. The van der Waals surface area contributed by atoms with Crippen LogP contribution in [0.1, 0.15) is 29.4 Å². The van der Waals surface area contributed by atoms with Gasteiger partial charge in [0.15, 0.2) is 0 Å². The van der Waals surface area contributed by atoms with Crippen molar-refractivity contribution in [2.75, 3.05) is 0 Å². The lowest BCUT2D eigenvalue weighted by molar-refractivity contribution is 0.289. The zero-order chi connectivity index (χ0) is 15.4. The van der Waals surface area contributed by atoms with Crippen molar-refractivity contribution in [2.24, 2.45) is 5.73 Å². The van der Waals surface area contributed by atoms with E-state index >= 15 is 0 Å². The minimum atomic E-state index is 0.349. The molecule has 1 heterocycles. The summed E-state index contributed by atoms with van der Waals surface area (Å²) in [5.74, 6) is 0.876. The predicted molar refractivity (Wildman–Crippen MR) is 83.0 cm³/mol. The third-order valence-corrected chi connectivity index (χ3v) is 3.24. The molecule has 0 aliphatic rings. The molecule has 1 aromatic carbocycles. The van der Waals surface area contributed by atoms with Crippen LogP contribution in [0.2, 0.25) is 0 Å². The molecular formula is C16H22N4O. The van der Waals surface area contributed by atoms with Gasteiger partial charge in [-0.3, -0.25) is 0 Å². The summed E-state index contributed by atoms with van der Waals surface area (Å²) in [6.45, 7) is 11.3. The summed E-state index contributed by atoms with van der Waals surface area (Å²) in [5, 5.41) is 8.23. The molecule has 0 spiro atoms. The fourth-order valence-electron chi connectivity index (χ4n) is 2.08. The van der Waals surface area contributed by atoms with E-state index < -0.39 is 0 Å². The number of aromatic nitrogens is 3. The molecule has 2 N–H and O–H groups in total. The van der Waals surface area contributed by atoms with Gasteiger partial charge in [-0.25, -0.2) is 4.68 Å². The van der Waals surface area contributed by atoms with Gasteiger partial charge in [0.05, 0.1) is 6.54 Å². The van der Waals surface area contributed by atoms with Gasteiger partial charge in [-0.05, 0) is 38.0 Å². The van der Waals surface area contributed by atoms with Crippen molar-refractivity contribution >= 4 is 0 Å². The second-order valence-electron chi connectivity index (χ2n) is 5.36. The molecule has 0 amide bonds. The quantitative estimate of drug-likeness (QED) is 0.829. The second kappa shape index (κ2) is 6.54. The van der Waals surface area contributed by atoms with Gasteiger partial charge in [-0.15, -0.1) is 5.10 Å². The van der Waals surface area contributed by atoms with Crippen LogP contribution in [0.5, 0.6) is 5.75 Å². The van der Waals surface area contributed by atoms with Crippen LogP contribution in [0.25, 0.3) is 0 Å². The number of nitrogens with two attached hydrogens (primary N) is 1. The molecule has 21 heavy (non-hydrogen) atoms. The molecule has 0 fully saturated rings. The van der Waals surface area contributed by atoms with Crippen LogP contribution in [-0.4, -0.2) is 15.0 Å². The second-order valence-corrected chi connectivity index (χ2v) is 5.36. The van der Waals surface area contributed by atoms with Crippen LogP contribution in [0.3, 0.4) is 0 Å². The van der Waals surface area contributed by atoms with Gasteiger partial charge in [0.25, 0.3) is 0 Å². The van der Waals surface area contributed by atoms with E-state index in [4.69, 9.17) is 10.5 Å². The number of ether oxygens (including phenoxy) is 1. The standard InChI is InChI=1S/C16H22N4O/c1-11(2)9-20-15(14(8-17)18-19-20)10-21-16-7-12(3)5-6-13(16)4/h5-7H,1,8-10,17H2,2-4H3. The zero-order valence-electron chi connectivity index (χ0n) is 12.9. The summed E-state index contributed by atoms with van der Waals surface area (Å²) in [6.07, 6.45) is 0. The average Bonchev–Trinajstić information content (AvgIpc) is 2.81. The van der Waals surface area contributed by atoms with Crippen molar-refractivity contribution in [1.29, 1.82) is 0 Å². The monoisotopic (exact) mass is 286 g/mol. The van der Waals surface area contributed by atoms with E-state index in [1.54, 1.807) is 4.68 Å². The Labute approximate surface area is 125 Å². The summed E-state index contributed by atoms with van der Waals surface area (Å²) >= 11 is 0. The summed E-state index contributed by atoms with van der Waals surface area (Å²) in [7, 11) is 0. The van der Waals surface area contributed by atoms with E-state index in [9.17, 15) is 0 Å². The number of benzene rings is 1. The Morgan fingerprint density at radius 1 is 1.38 bits per heavy atom. The Balaban J connectivity index is 2.20. The van der Waals surface area contributed by atoms with Crippen LogP contribution >= 0.6 is 0 Å². The largest absolute Gasteiger partial charge is 0.487 e. The molecule has 0 saturated heterocycles. The Hall–Kier alpha value is -2.14. The van der Waals surface area contributed by atoms with Gasteiger partial charge in [0, 0.05) is 6.54 Å². The van der Waals surface area contributed by atoms with Crippen LogP contribution in [-0.2, 0) is 19.7 Å². The maximum absolute atomic E-state index is 5.94. The number of rotatable bonds is 6. The first-order chi connectivity index (χ1) is 10.0. The van der Waals surface area contributed by atoms with Crippen LogP contribution in [0, 0.1) is 13.8 Å². The number of allylic oxidation sites excluding steroid dienone is 1. The van der Waals surface area contributed by atoms with E-state index in [0.29, 0.717) is 19.7 Å². The lowest BCUT2D eigenvalue weighted by Gasteiger charge is -2.12. The fourth-order valence-corrected chi connectivity index (χ4v) is 2.08. The van der Waals surface area contributed by atoms with E-state index in [2.05, 4.69) is 29.0 Å². The molecular weight excluding hydrogens is 264 g/mol. The average molecular weight is 286 g/mol. The van der Waals surface area contributed by atoms with Crippen LogP contribution in [0.15, 0.2) is 30.4 Å². The van der Waals surface area contributed by atoms with Gasteiger partial charge in [0.1, 0.15) is 23.7 Å². The van der Waals surface area contributed by atoms with E-state index in [0.717, 1.165) is 28.3 Å². The highest BCUT2D eigenvalue weighted by molar-refractivity contribution is 5.36. The highest BCUT2D eigenvalue weighted by Crippen LogP contribution is 2.21. The topological polar surface area (TPSA) is 66.0 Å². The zero-order valence-corrected chi connectivity index (χ0v) is 12.9. The van der Waals surface area contributed by atoms with E-state index in [1.807, 2.05) is 26.8 Å². The number of hydrogen-bond acceptors (Lipinski definition) is 4. The Morgan fingerprint density at radius 3 is 2.81 bits per heavy atom. The summed E-state index contributed by atoms with van der Waals surface area (Å²) in [5.41, 5.74) is 10.7. The summed E-state index contributed by atoms with van der Waals surface area (Å²) in [6, 6.07) is 6.16. The van der Waals surface area contributed by atoms with Gasteiger partial charge in [-0.1, -0.05) is 29.5 Å². The maximum Gasteiger partial charge on any atom is 0.132 e. The van der Waals surface area contributed by atoms with Crippen LogP contribution < -0.4 is 10.5 Å². The number of nitrogens with zero attached hydrogens (tertiary/aromatic N) is 3. The highest BCUT2D eigenvalue weighted by atomic mass is 16.5. The third-order valence-electron chi connectivity index (χ3n) is 3.24. The molecule has 0 radical (unpaired) electrons. The molecule has 2 rings (SSSR count). The minimum absolute atomic E-state index is 0.349. The van der Waals surface area contributed by atoms with Crippen molar-refractivity contribution in [3.05, 3.63) is 52.9 Å². The van der Waals surface area contributed by atoms with Crippen molar-refractivity contribution < 1.29 is 4.74 Å². The third kappa shape index (κ3) is 3.70. The first-order valence-electron chi connectivity index (χ1n) is 6.97. The first-order valence-corrected chi connectivity index (χ1v) is 6.97. The molecule has 112 valence electrons. The normalized spacial score (nSPS) is 10.7. The van der Waals surface area contributed by atoms with Crippen molar-refractivity contribution in [3.8, 4) is 5.75 Å². The predicted octanol–water partition coefficient (Wildman–Crippen LogP) is 2.51.